The number of carbonyl (C=O) groups excluding carboxylic acids is 2. The molecule has 0 aliphatic carbocycles. The molecule has 2 aromatic heterocycles. The van der Waals surface area contributed by atoms with Gasteiger partial charge in [0.05, 0.1) is 22.5 Å². The van der Waals surface area contributed by atoms with Gasteiger partial charge >= 0.3 is 0 Å². The van der Waals surface area contributed by atoms with Crippen molar-refractivity contribution in [2.75, 3.05) is 10.7 Å². The molecule has 0 fully saturated rings. The number of anilines is 1. The molecular formula is C19H19N3O2S2. The largest absolute Gasteiger partial charge is 0.288 e. The number of nitrogens with zero attached hydrogens (tertiary/aromatic N) is 3. The summed E-state index contributed by atoms with van der Waals surface area (Å²) in [7, 11) is 0. The van der Waals surface area contributed by atoms with Crippen LogP contribution in [0.15, 0.2) is 36.7 Å². The Bertz CT molecular complexity index is 915. The second kappa shape index (κ2) is 7.97. The molecule has 0 spiro atoms. The summed E-state index contributed by atoms with van der Waals surface area (Å²) >= 11 is 2.52. The van der Waals surface area contributed by atoms with Gasteiger partial charge in [-0.25, -0.2) is 4.98 Å². The molecule has 0 aliphatic rings. The zero-order valence-corrected chi connectivity index (χ0v) is 16.5. The lowest BCUT2D eigenvalue weighted by Crippen LogP contribution is -2.32. The van der Waals surface area contributed by atoms with Crippen LogP contribution in [0.25, 0.3) is 10.2 Å². The molecule has 1 aromatic carbocycles. The third kappa shape index (κ3) is 4.11. The van der Waals surface area contributed by atoms with Crippen LogP contribution in [0.4, 0.5) is 5.13 Å². The van der Waals surface area contributed by atoms with Crippen LogP contribution in [0.3, 0.4) is 0 Å². The van der Waals surface area contributed by atoms with Gasteiger partial charge in [-0.2, -0.15) is 0 Å². The predicted molar refractivity (Wildman–Crippen MR) is 108 cm³/mol. The average molecular weight is 386 g/mol. The van der Waals surface area contributed by atoms with E-state index < -0.39 is 0 Å². The van der Waals surface area contributed by atoms with E-state index in [1.54, 1.807) is 17.3 Å². The number of thioether (sulfide) groups is 1. The number of benzene rings is 1. The van der Waals surface area contributed by atoms with Crippen molar-refractivity contribution in [1.82, 2.24) is 9.97 Å². The Morgan fingerprint density at radius 1 is 1.19 bits per heavy atom. The molecule has 26 heavy (non-hydrogen) atoms. The lowest BCUT2D eigenvalue weighted by Gasteiger charge is -2.19. The zero-order chi connectivity index (χ0) is 18.7. The molecule has 0 bridgehead atoms. The van der Waals surface area contributed by atoms with E-state index in [0.29, 0.717) is 11.7 Å². The molecule has 0 unspecified atom stereocenters. The molecule has 0 radical (unpaired) electrons. The lowest BCUT2D eigenvalue weighted by molar-refractivity contribution is -0.116. The number of fused-ring (bicyclic) bond motifs is 1. The Hall–Kier alpha value is -2.25. The van der Waals surface area contributed by atoms with Crippen molar-refractivity contribution in [3.63, 3.8) is 0 Å². The molecule has 7 heteroatoms. The first-order valence-electron chi connectivity index (χ1n) is 8.15. The summed E-state index contributed by atoms with van der Waals surface area (Å²) in [6.07, 6.45) is 3.44. The highest BCUT2D eigenvalue weighted by molar-refractivity contribution is 8.14. The third-order valence-corrected chi connectivity index (χ3v) is 5.94. The Morgan fingerprint density at radius 3 is 2.62 bits per heavy atom. The van der Waals surface area contributed by atoms with E-state index in [9.17, 15) is 9.59 Å². The summed E-state index contributed by atoms with van der Waals surface area (Å²) in [6.45, 7) is 5.91. The van der Waals surface area contributed by atoms with E-state index in [0.717, 1.165) is 38.7 Å². The van der Waals surface area contributed by atoms with E-state index >= 15 is 0 Å². The molecule has 0 saturated carbocycles. The van der Waals surface area contributed by atoms with Gasteiger partial charge < -0.3 is 0 Å². The highest BCUT2D eigenvalue weighted by atomic mass is 32.2. The molecule has 0 saturated heterocycles. The lowest BCUT2D eigenvalue weighted by atomic mass is 10.1. The number of hydrogen-bond donors (Lipinski definition) is 0. The first kappa shape index (κ1) is 18.5. The first-order chi connectivity index (χ1) is 12.5. The monoisotopic (exact) mass is 385 g/mol. The number of hydrogen-bond acceptors (Lipinski definition) is 6. The van der Waals surface area contributed by atoms with Gasteiger partial charge in [-0.1, -0.05) is 41.3 Å². The van der Waals surface area contributed by atoms with Gasteiger partial charge in [0.15, 0.2) is 10.2 Å². The normalized spacial score (nSPS) is 10.9. The fraction of sp³-hybridized carbons (Fsp3) is 0.263. The van der Waals surface area contributed by atoms with Crippen molar-refractivity contribution in [1.29, 1.82) is 0 Å². The maximum Gasteiger partial charge on any atom is 0.239 e. The Morgan fingerprint density at radius 2 is 1.96 bits per heavy atom. The third-order valence-electron chi connectivity index (χ3n) is 3.93. The van der Waals surface area contributed by atoms with Crippen molar-refractivity contribution in [2.45, 2.75) is 27.3 Å². The maximum atomic E-state index is 12.8. The van der Waals surface area contributed by atoms with E-state index in [1.165, 1.54) is 18.3 Å². The molecule has 0 atom stereocenters. The summed E-state index contributed by atoms with van der Waals surface area (Å²) in [5.41, 5.74) is 4.07. The second-order valence-electron chi connectivity index (χ2n) is 5.99. The highest BCUT2D eigenvalue weighted by Gasteiger charge is 2.22. The number of aryl methyl sites for hydroxylation is 2. The van der Waals surface area contributed by atoms with Crippen molar-refractivity contribution in [3.05, 3.63) is 53.3 Å². The fourth-order valence-electron chi connectivity index (χ4n) is 2.54. The molecule has 5 nitrogen and oxygen atoms in total. The van der Waals surface area contributed by atoms with Crippen molar-refractivity contribution in [2.24, 2.45) is 0 Å². The topological polar surface area (TPSA) is 63.2 Å². The minimum Gasteiger partial charge on any atom is -0.288 e. The summed E-state index contributed by atoms with van der Waals surface area (Å²) in [5, 5.41) is 0.575. The van der Waals surface area contributed by atoms with E-state index in [1.807, 2.05) is 32.0 Å². The van der Waals surface area contributed by atoms with Gasteiger partial charge in [0, 0.05) is 19.3 Å². The molecule has 2 heterocycles. The van der Waals surface area contributed by atoms with Crippen LogP contribution in [0.2, 0.25) is 0 Å². The van der Waals surface area contributed by atoms with E-state index in [-0.39, 0.29) is 16.8 Å². The summed E-state index contributed by atoms with van der Waals surface area (Å²) in [4.78, 5) is 34.6. The van der Waals surface area contributed by atoms with Crippen LogP contribution >= 0.6 is 23.1 Å². The smallest absolute Gasteiger partial charge is 0.239 e. The second-order valence-corrected chi connectivity index (χ2v) is 8.12. The summed E-state index contributed by atoms with van der Waals surface area (Å²) < 4.78 is 1.09. The average Bonchev–Trinajstić information content (AvgIpc) is 3.08. The zero-order valence-electron chi connectivity index (χ0n) is 14.9. The van der Waals surface area contributed by atoms with Gasteiger partial charge in [-0.3, -0.25) is 19.5 Å². The van der Waals surface area contributed by atoms with Crippen LogP contribution in [-0.4, -0.2) is 26.7 Å². The predicted octanol–water partition coefficient (Wildman–Crippen LogP) is 4.12. The van der Waals surface area contributed by atoms with Gasteiger partial charge in [0.25, 0.3) is 0 Å². The van der Waals surface area contributed by atoms with Crippen LogP contribution in [0.1, 0.15) is 23.6 Å². The van der Waals surface area contributed by atoms with Crippen LogP contribution in [-0.2, 0) is 16.1 Å². The van der Waals surface area contributed by atoms with E-state index in [2.05, 4.69) is 11.1 Å². The van der Waals surface area contributed by atoms with Crippen molar-refractivity contribution in [3.8, 4) is 0 Å². The fourth-order valence-corrected chi connectivity index (χ4v) is 4.15. The first-order valence-corrected chi connectivity index (χ1v) is 9.95. The molecule has 3 rings (SSSR count). The number of thiazole rings is 1. The molecule has 134 valence electrons. The molecule has 0 aliphatic heterocycles. The van der Waals surface area contributed by atoms with Crippen LogP contribution in [0, 0.1) is 13.8 Å². The number of pyridine rings is 1. The van der Waals surface area contributed by atoms with Crippen LogP contribution in [0.5, 0.6) is 0 Å². The van der Waals surface area contributed by atoms with Gasteiger partial charge in [-0.05, 0) is 36.6 Å². The minimum absolute atomic E-state index is 0.0735. The number of amides is 1. The Labute approximate surface area is 160 Å². The van der Waals surface area contributed by atoms with Gasteiger partial charge in [0.2, 0.25) is 5.91 Å². The SMILES string of the molecule is CC(=O)SCC(=O)N(Cc1cccnc1)c1nc2c(C)ccc(C)c2s1. The van der Waals surface area contributed by atoms with E-state index in [4.69, 9.17) is 4.98 Å². The Balaban J connectivity index is 1.99. The highest BCUT2D eigenvalue weighted by Crippen LogP contribution is 2.34. The summed E-state index contributed by atoms with van der Waals surface area (Å²) in [6, 6.07) is 7.88. The number of rotatable bonds is 5. The standard InChI is InChI=1S/C19H19N3O2S2/c1-12-6-7-13(2)18-17(12)21-19(26-18)22(16(24)11-25-14(3)23)10-15-5-4-8-20-9-15/h4-9H,10-11H2,1-3H3. The minimum atomic E-state index is -0.136. The van der Waals surface area contributed by atoms with Gasteiger partial charge in [0.1, 0.15) is 0 Å². The molecule has 3 aromatic rings. The quantitative estimate of drug-likeness (QED) is 0.661. The van der Waals surface area contributed by atoms with Crippen LogP contribution < -0.4 is 4.90 Å². The summed E-state index contributed by atoms with van der Waals surface area (Å²) in [5.74, 6) is -0.0350. The number of carbonyl (C=O) groups is 2. The molecular weight excluding hydrogens is 366 g/mol. The molecule has 0 N–H and O–H groups in total. The molecule has 1 amide bonds. The maximum absolute atomic E-state index is 12.8. The van der Waals surface area contributed by atoms with Crippen molar-refractivity contribution < 1.29 is 9.59 Å². The van der Waals surface area contributed by atoms with Crippen molar-refractivity contribution >= 4 is 49.5 Å². The van der Waals surface area contributed by atoms with Gasteiger partial charge in [-0.15, -0.1) is 0 Å². The number of aromatic nitrogens is 2. The Kier molecular flexibility index (Phi) is 5.68.